The zero-order valence-electron chi connectivity index (χ0n) is 9.34. The smallest absolute Gasteiger partial charge is 0.131 e. The van der Waals surface area contributed by atoms with Gasteiger partial charge in [0, 0.05) is 5.39 Å². The maximum atomic E-state index is 13.8. The van der Waals surface area contributed by atoms with Gasteiger partial charge in [0.25, 0.3) is 0 Å². The summed E-state index contributed by atoms with van der Waals surface area (Å²) in [5, 5.41) is 1.73. The first-order valence-corrected chi connectivity index (χ1v) is 5.18. The summed E-state index contributed by atoms with van der Waals surface area (Å²) in [6.45, 7) is 6.32. The van der Waals surface area contributed by atoms with Crippen LogP contribution in [-0.4, -0.2) is 0 Å². The van der Waals surface area contributed by atoms with Crippen LogP contribution in [0.5, 0.6) is 0 Å². The second kappa shape index (κ2) is 3.34. The molecule has 0 bridgehead atoms. The molecule has 0 saturated heterocycles. The number of rotatable bonds is 0. The summed E-state index contributed by atoms with van der Waals surface area (Å²) in [6.07, 6.45) is 0. The van der Waals surface area contributed by atoms with Gasteiger partial charge in [-0.25, -0.2) is 4.39 Å². The second-order valence-corrected chi connectivity index (χ2v) is 4.89. The molecule has 2 rings (SSSR count). The highest BCUT2D eigenvalue weighted by atomic mass is 19.1. The summed E-state index contributed by atoms with van der Waals surface area (Å²) >= 11 is 0. The van der Waals surface area contributed by atoms with Crippen LogP contribution in [0.4, 0.5) is 4.39 Å². The molecule has 1 heteroatoms. The van der Waals surface area contributed by atoms with Crippen LogP contribution in [0.2, 0.25) is 0 Å². The Morgan fingerprint density at radius 2 is 1.53 bits per heavy atom. The zero-order valence-corrected chi connectivity index (χ0v) is 9.34. The molecule has 15 heavy (non-hydrogen) atoms. The monoisotopic (exact) mass is 202 g/mol. The normalized spacial score (nSPS) is 12.0. The van der Waals surface area contributed by atoms with E-state index in [9.17, 15) is 4.39 Å². The van der Waals surface area contributed by atoms with E-state index in [-0.39, 0.29) is 11.2 Å². The topological polar surface area (TPSA) is 0 Å². The minimum Gasteiger partial charge on any atom is -0.206 e. The summed E-state index contributed by atoms with van der Waals surface area (Å²) in [5.74, 6) is -0.127. The van der Waals surface area contributed by atoms with Crippen molar-refractivity contribution >= 4 is 10.8 Å². The third-order valence-corrected chi connectivity index (χ3v) is 2.66. The highest BCUT2D eigenvalue weighted by molar-refractivity contribution is 5.87. The first kappa shape index (κ1) is 10.2. The van der Waals surface area contributed by atoms with Gasteiger partial charge in [-0.3, -0.25) is 0 Å². The van der Waals surface area contributed by atoms with E-state index in [4.69, 9.17) is 0 Å². The molecule has 0 aromatic heterocycles. The Morgan fingerprint density at radius 3 is 2.13 bits per heavy atom. The molecule has 0 N–H and O–H groups in total. The Morgan fingerprint density at radius 1 is 0.933 bits per heavy atom. The first-order valence-electron chi connectivity index (χ1n) is 5.18. The van der Waals surface area contributed by atoms with Gasteiger partial charge in [-0.2, -0.15) is 0 Å². The van der Waals surface area contributed by atoms with Gasteiger partial charge in [0.15, 0.2) is 0 Å². The summed E-state index contributed by atoms with van der Waals surface area (Å²) in [6, 6.07) is 11.2. The lowest BCUT2D eigenvalue weighted by molar-refractivity contribution is 0.586. The quantitative estimate of drug-likeness (QED) is 0.598. The highest BCUT2D eigenvalue weighted by Crippen LogP contribution is 2.31. The molecule has 2 aromatic rings. The van der Waals surface area contributed by atoms with Crippen molar-refractivity contribution in [3.05, 3.63) is 47.8 Å². The molecule has 0 spiro atoms. The number of halogens is 1. The number of hydrogen-bond acceptors (Lipinski definition) is 0. The number of fused-ring (bicyclic) bond motifs is 1. The predicted octanol–water partition coefficient (Wildman–Crippen LogP) is 4.28. The fourth-order valence-corrected chi connectivity index (χ4v) is 1.92. The Kier molecular flexibility index (Phi) is 2.26. The third-order valence-electron chi connectivity index (χ3n) is 2.66. The van der Waals surface area contributed by atoms with E-state index in [2.05, 4.69) is 20.8 Å². The molecule has 0 fully saturated rings. The van der Waals surface area contributed by atoms with Gasteiger partial charge in [-0.05, 0) is 22.4 Å². The van der Waals surface area contributed by atoms with Gasteiger partial charge >= 0.3 is 0 Å². The molecule has 0 nitrogen and oxygen atoms in total. The van der Waals surface area contributed by atoms with Crippen LogP contribution in [0, 0.1) is 5.82 Å². The lowest BCUT2D eigenvalue weighted by Gasteiger charge is -2.21. The van der Waals surface area contributed by atoms with Crippen molar-refractivity contribution in [3.63, 3.8) is 0 Å². The van der Waals surface area contributed by atoms with Gasteiger partial charge in [0.2, 0.25) is 0 Å². The Bertz CT molecular complexity index is 487. The van der Waals surface area contributed by atoms with Crippen molar-refractivity contribution in [1.82, 2.24) is 0 Å². The highest BCUT2D eigenvalue weighted by Gasteiger charge is 2.18. The summed E-state index contributed by atoms with van der Waals surface area (Å²) in [7, 11) is 0. The average molecular weight is 202 g/mol. The van der Waals surface area contributed by atoms with E-state index in [0.717, 1.165) is 16.3 Å². The van der Waals surface area contributed by atoms with Crippen molar-refractivity contribution < 1.29 is 4.39 Å². The molecular formula is C14H15F. The van der Waals surface area contributed by atoms with E-state index in [1.807, 2.05) is 24.3 Å². The van der Waals surface area contributed by atoms with Crippen molar-refractivity contribution in [2.24, 2.45) is 0 Å². The number of benzene rings is 2. The number of hydrogen-bond donors (Lipinski definition) is 0. The molecule has 0 aliphatic heterocycles. The van der Waals surface area contributed by atoms with Crippen molar-refractivity contribution in [2.45, 2.75) is 26.2 Å². The van der Waals surface area contributed by atoms with Crippen molar-refractivity contribution in [3.8, 4) is 0 Å². The van der Waals surface area contributed by atoms with Crippen LogP contribution < -0.4 is 0 Å². The summed E-state index contributed by atoms with van der Waals surface area (Å²) in [5.41, 5.74) is 1.04. The van der Waals surface area contributed by atoms with Crippen LogP contribution in [0.1, 0.15) is 26.3 Å². The summed E-state index contributed by atoms with van der Waals surface area (Å²) in [4.78, 5) is 0. The molecular weight excluding hydrogens is 187 g/mol. The fourth-order valence-electron chi connectivity index (χ4n) is 1.92. The van der Waals surface area contributed by atoms with Gasteiger partial charge < -0.3 is 0 Å². The molecule has 2 aromatic carbocycles. The minimum atomic E-state index is -0.127. The molecule has 0 saturated carbocycles. The lowest BCUT2D eigenvalue weighted by atomic mass is 9.83. The maximum absolute atomic E-state index is 13.8. The summed E-state index contributed by atoms with van der Waals surface area (Å²) < 4.78 is 13.8. The third kappa shape index (κ3) is 1.74. The van der Waals surface area contributed by atoms with Gasteiger partial charge in [-0.15, -0.1) is 0 Å². The fraction of sp³-hybridized carbons (Fsp3) is 0.286. The van der Waals surface area contributed by atoms with Crippen LogP contribution in [0.25, 0.3) is 10.8 Å². The van der Waals surface area contributed by atoms with Crippen LogP contribution in [-0.2, 0) is 5.41 Å². The van der Waals surface area contributed by atoms with Crippen molar-refractivity contribution in [2.75, 3.05) is 0 Å². The second-order valence-electron chi connectivity index (χ2n) is 4.89. The minimum absolute atomic E-state index is 0.0261. The van der Waals surface area contributed by atoms with Gasteiger partial charge in [0.05, 0.1) is 0 Å². The largest absolute Gasteiger partial charge is 0.206 e. The van der Waals surface area contributed by atoms with Crippen molar-refractivity contribution in [1.29, 1.82) is 0 Å². The van der Waals surface area contributed by atoms with E-state index in [1.165, 1.54) is 6.07 Å². The first-order chi connectivity index (χ1) is 7.00. The molecule has 0 radical (unpaired) electrons. The van der Waals surface area contributed by atoms with Crippen LogP contribution >= 0.6 is 0 Å². The van der Waals surface area contributed by atoms with Crippen LogP contribution in [0.15, 0.2) is 36.4 Å². The molecule has 0 heterocycles. The Hall–Kier alpha value is -1.37. The molecule has 78 valence electrons. The van der Waals surface area contributed by atoms with Gasteiger partial charge in [-0.1, -0.05) is 51.1 Å². The Balaban J connectivity index is 2.86. The molecule has 0 unspecified atom stereocenters. The van der Waals surface area contributed by atoms with E-state index >= 15 is 0 Å². The van der Waals surface area contributed by atoms with Gasteiger partial charge in [0.1, 0.15) is 5.82 Å². The zero-order chi connectivity index (χ0) is 11.1. The van der Waals surface area contributed by atoms with E-state index in [1.54, 1.807) is 6.07 Å². The Labute approximate surface area is 89.7 Å². The van der Waals surface area contributed by atoms with E-state index in [0.29, 0.717) is 0 Å². The van der Waals surface area contributed by atoms with Crippen LogP contribution in [0.3, 0.4) is 0 Å². The molecule has 0 atom stereocenters. The van der Waals surface area contributed by atoms with E-state index < -0.39 is 0 Å². The standard InChI is InChI=1S/C14H15F/c1-14(2,3)11-8-4-6-10-7-5-9-12(15)13(10)11/h4-9H,1-3H3. The molecule has 0 amide bonds. The average Bonchev–Trinajstić information content (AvgIpc) is 2.16. The maximum Gasteiger partial charge on any atom is 0.131 e. The molecule has 0 aliphatic carbocycles. The molecule has 0 aliphatic rings. The SMILES string of the molecule is CC(C)(C)c1cccc2cccc(F)c12. The lowest BCUT2D eigenvalue weighted by Crippen LogP contribution is -2.12. The predicted molar refractivity (Wildman–Crippen MR) is 62.6 cm³/mol.